The molecule has 2 unspecified atom stereocenters. The van der Waals surface area contributed by atoms with Crippen molar-refractivity contribution in [1.29, 1.82) is 0 Å². The number of hydrogen-bond acceptors (Lipinski definition) is 0. The molecule has 6 rings (SSSR count). The van der Waals surface area contributed by atoms with E-state index in [1.165, 1.54) is 30.5 Å². The van der Waals surface area contributed by atoms with Gasteiger partial charge < -0.3 is 0 Å². The fourth-order valence-corrected chi connectivity index (χ4v) is 46.6. The van der Waals surface area contributed by atoms with E-state index in [-0.39, 0.29) is 0 Å². The topological polar surface area (TPSA) is 0 Å². The summed E-state index contributed by atoms with van der Waals surface area (Å²) in [6.07, 6.45) is 10.2. The van der Waals surface area contributed by atoms with Gasteiger partial charge in [-0.1, -0.05) is 0 Å². The zero-order chi connectivity index (χ0) is 24.6. The normalized spacial score (nSPS) is 18.2. The van der Waals surface area contributed by atoms with Gasteiger partial charge in [0.15, 0.2) is 0 Å². The van der Waals surface area contributed by atoms with Crippen LogP contribution in [0.5, 0.6) is 0 Å². The first-order valence-electron chi connectivity index (χ1n) is 13.2. The Labute approximate surface area is 217 Å². The molecule has 2 atom stereocenters. The van der Waals surface area contributed by atoms with E-state index < -0.39 is 22.8 Å². The monoisotopic (exact) mass is 560 g/mol. The summed E-state index contributed by atoms with van der Waals surface area (Å²) in [7, 11) is 0. The molecule has 0 spiro atoms. The van der Waals surface area contributed by atoms with Gasteiger partial charge in [0.25, 0.3) is 0 Å². The first-order valence-corrected chi connectivity index (χ1v) is 25.7. The summed E-state index contributed by atoms with van der Waals surface area (Å²) in [6, 6.07) is 41.4. The Bertz CT molecular complexity index is 1430. The number of hydrogen-bond donors (Lipinski definition) is 0. The van der Waals surface area contributed by atoms with Crippen molar-refractivity contribution in [3.63, 3.8) is 0 Å². The molecule has 2 aliphatic rings. The molecule has 0 bridgehead atoms. The minimum atomic E-state index is -3.97. The Hall–Kier alpha value is -2.54. The summed E-state index contributed by atoms with van der Waals surface area (Å²) in [6.45, 7) is 5.34. The summed E-state index contributed by atoms with van der Waals surface area (Å²) < 4.78 is 3.58. The third-order valence-electron chi connectivity index (χ3n) is 9.36. The van der Waals surface area contributed by atoms with Gasteiger partial charge in [0.2, 0.25) is 0 Å². The van der Waals surface area contributed by atoms with Gasteiger partial charge in [0, 0.05) is 0 Å². The van der Waals surface area contributed by atoms with Crippen molar-refractivity contribution in [2.24, 2.45) is 0 Å². The minimum absolute atomic E-state index is 0.535. The van der Waals surface area contributed by atoms with Crippen molar-refractivity contribution < 1.29 is 17.4 Å². The van der Waals surface area contributed by atoms with E-state index in [1.54, 1.807) is 11.1 Å². The van der Waals surface area contributed by atoms with E-state index in [0.29, 0.717) is 7.25 Å². The van der Waals surface area contributed by atoms with E-state index in [1.807, 2.05) is 0 Å². The summed E-state index contributed by atoms with van der Waals surface area (Å²) in [4.78, 5) is 0. The van der Waals surface area contributed by atoms with Crippen LogP contribution in [0, 0.1) is 0 Å². The van der Waals surface area contributed by atoms with Gasteiger partial charge in [-0.15, -0.1) is 0 Å². The van der Waals surface area contributed by atoms with Gasteiger partial charge in [0.1, 0.15) is 0 Å². The van der Waals surface area contributed by atoms with E-state index in [2.05, 4.69) is 147 Å². The van der Waals surface area contributed by atoms with Crippen molar-refractivity contribution in [2.75, 3.05) is 0 Å². The first-order chi connectivity index (χ1) is 17.6. The number of benzene rings is 4. The second-order valence-corrected chi connectivity index (χ2v) is 42.1. The van der Waals surface area contributed by atoms with Gasteiger partial charge in [-0.3, -0.25) is 0 Å². The van der Waals surface area contributed by atoms with Gasteiger partial charge in [0.05, 0.1) is 0 Å². The van der Waals surface area contributed by atoms with Crippen molar-refractivity contribution in [2.45, 2.75) is 28.6 Å². The van der Waals surface area contributed by atoms with Crippen LogP contribution >= 0.6 is 0 Å². The summed E-state index contributed by atoms with van der Waals surface area (Å²) >= 11 is -3.97. The van der Waals surface area contributed by atoms with Crippen LogP contribution in [0.4, 0.5) is 0 Å². The molecule has 0 amide bonds. The van der Waals surface area contributed by atoms with Crippen molar-refractivity contribution in [1.82, 2.24) is 0 Å². The van der Waals surface area contributed by atoms with E-state index in [9.17, 15) is 0 Å². The number of fused-ring (bicyclic) bond motifs is 2. The molecule has 0 saturated carbocycles. The van der Waals surface area contributed by atoms with Crippen LogP contribution in [-0.2, 0) is 25.7 Å². The summed E-state index contributed by atoms with van der Waals surface area (Å²) in [5, 5.41) is 0. The van der Waals surface area contributed by atoms with Crippen molar-refractivity contribution in [3.05, 3.63) is 155 Å². The second kappa shape index (κ2) is 9.40. The molecule has 0 aliphatic heterocycles. The van der Waals surface area contributed by atoms with Crippen LogP contribution in [0.2, 0.25) is 13.1 Å². The van der Waals surface area contributed by atoms with E-state index in [4.69, 9.17) is 0 Å². The SMILES string of the molecule is C[Si](C)=[Zr]([CH2]c1ccccc1)([CH2]c1ccccc1)([CH]1C=Cc2ccccc21)[CH]1C=Cc2ccccc21. The van der Waals surface area contributed by atoms with Gasteiger partial charge in [-0.2, -0.15) is 0 Å². The molecule has 36 heavy (non-hydrogen) atoms. The Balaban J connectivity index is 1.74. The molecule has 2 aliphatic carbocycles. The molecule has 4 aromatic carbocycles. The predicted octanol–water partition coefficient (Wildman–Crippen LogP) is 8.86. The molecule has 0 aromatic heterocycles. The van der Waals surface area contributed by atoms with Gasteiger partial charge >= 0.3 is 218 Å². The van der Waals surface area contributed by atoms with Crippen LogP contribution < -0.4 is 0 Å². The molecule has 178 valence electrons. The van der Waals surface area contributed by atoms with Crippen LogP contribution in [0.25, 0.3) is 12.2 Å². The molecule has 0 fully saturated rings. The van der Waals surface area contributed by atoms with E-state index in [0.717, 1.165) is 0 Å². The second-order valence-electron chi connectivity index (χ2n) is 11.1. The molecule has 0 N–H and O–H groups in total. The predicted molar refractivity (Wildman–Crippen MR) is 154 cm³/mol. The fraction of sp³-hybridized carbons (Fsp3) is 0.176. The molecule has 0 nitrogen and oxygen atoms in total. The summed E-state index contributed by atoms with van der Waals surface area (Å²) in [5.74, 6) is 0. The first kappa shape index (κ1) is 23.8. The van der Waals surface area contributed by atoms with Crippen LogP contribution in [0.1, 0.15) is 40.6 Å². The third-order valence-corrected chi connectivity index (χ3v) is 52.9. The average Bonchev–Trinajstić information content (AvgIpc) is 3.55. The molecule has 0 heterocycles. The molecule has 4 aromatic rings. The maximum atomic E-state index is 2.67. The molecule has 2 heteroatoms. The van der Waals surface area contributed by atoms with Crippen LogP contribution in [0.15, 0.2) is 121 Å². The third kappa shape index (κ3) is 3.65. The van der Waals surface area contributed by atoms with Crippen molar-refractivity contribution in [3.8, 4) is 0 Å². The summed E-state index contributed by atoms with van der Waals surface area (Å²) in [5.41, 5.74) is 8.36. The Kier molecular flexibility index (Phi) is 6.22. The molecule has 0 saturated heterocycles. The quantitative estimate of drug-likeness (QED) is 0.206. The maximum absolute atomic E-state index is 3.97. The molecule has 0 radical (unpaired) electrons. The molecular formula is C34H34SiZr. The standard InChI is InChI=1S/2C9H7.2C7H7.C2H6Si.Zr/c2*1-2-5-9-7-3-6-8(9)4-1;2*1-7-5-3-2-4-6-7;1-3-2;/h2*1-7H;2*2-6H,1H2;1-2H3;. The average molecular weight is 562 g/mol. The zero-order valence-electron chi connectivity index (χ0n) is 21.3. The van der Waals surface area contributed by atoms with E-state index >= 15 is 0 Å². The Morgan fingerprint density at radius 2 is 0.917 bits per heavy atom. The van der Waals surface area contributed by atoms with Crippen LogP contribution in [-0.4, -0.2) is 5.43 Å². The number of rotatable bonds is 6. The van der Waals surface area contributed by atoms with Gasteiger partial charge in [-0.05, 0) is 0 Å². The van der Waals surface area contributed by atoms with Crippen LogP contribution in [0.3, 0.4) is 0 Å². The molecular weight excluding hydrogens is 528 g/mol. The van der Waals surface area contributed by atoms with Gasteiger partial charge in [-0.25, -0.2) is 0 Å². The van der Waals surface area contributed by atoms with Crippen molar-refractivity contribution >= 4 is 17.6 Å². The Morgan fingerprint density at radius 1 is 0.528 bits per heavy atom. The number of allylic oxidation sites excluding steroid dienone is 2. The Morgan fingerprint density at radius 3 is 1.33 bits per heavy atom. The fourth-order valence-electron chi connectivity index (χ4n) is 7.58. The zero-order valence-corrected chi connectivity index (χ0v) is 24.7.